The number of aliphatic hydroxyl groups is 1. The molecule has 1 aliphatic heterocycles. The van der Waals surface area contributed by atoms with Crippen LogP contribution in [0.1, 0.15) is 34.1 Å². The zero-order valence-electron chi connectivity index (χ0n) is 18.2. The van der Waals surface area contributed by atoms with E-state index in [1.54, 1.807) is 10.8 Å². The van der Waals surface area contributed by atoms with Gasteiger partial charge in [0.15, 0.2) is 5.82 Å². The molecule has 4 N–H and O–H groups in total. The van der Waals surface area contributed by atoms with Crippen molar-refractivity contribution in [3.05, 3.63) is 66.5 Å². The van der Waals surface area contributed by atoms with Gasteiger partial charge < -0.3 is 21.2 Å². The number of nitrogens with one attached hydrogen (secondary N) is 1. The molecule has 2 aromatic heterocycles. The molecule has 1 aliphatic rings. The van der Waals surface area contributed by atoms with Crippen molar-refractivity contribution in [1.29, 1.82) is 0 Å². The molecule has 1 aromatic carbocycles. The Morgan fingerprint density at radius 3 is 2.84 bits per heavy atom. The van der Waals surface area contributed by atoms with Crippen LogP contribution in [0.15, 0.2) is 49.6 Å². The van der Waals surface area contributed by atoms with Gasteiger partial charge in [-0.15, -0.1) is 13.2 Å². The Hall–Kier alpha value is -3.65. The highest BCUT2D eigenvalue weighted by molar-refractivity contribution is 6.00. The first kappa shape index (κ1) is 21.6. The number of carbonyl (C=O) groups is 1. The normalized spacial score (nSPS) is 15.3. The number of para-hydroxylation sites is 1. The maximum absolute atomic E-state index is 12.6. The molecule has 3 aromatic rings. The number of carbonyl (C=O) groups excluding carboxylic acids is 1. The summed E-state index contributed by atoms with van der Waals surface area (Å²) < 4.78 is 1.60. The summed E-state index contributed by atoms with van der Waals surface area (Å²) in [6, 6.07) is 7.58. The summed E-state index contributed by atoms with van der Waals surface area (Å²) in [4.78, 5) is 24.2. The van der Waals surface area contributed by atoms with E-state index in [9.17, 15) is 9.90 Å². The van der Waals surface area contributed by atoms with Crippen LogP contribution in [0, 0.1) is 6.92 Å². The van der Waals surface area contributed by atoms with Gasteiger partial charge in [0.1, 0.15) is 5.52 Å². The number of amides is 1. The predicted octanol–water partition coefficient (Wildman–Crippen LogP) is 2.51. The first-order chi connectivity index (χ1) is 15.5. The summed E-state index contributed by atoms with van der Waals surface area (Å²) >= 11 is 0. The number of hydrogen-bond donors (Lipinski definition) is 3. The van der Waals surface area contributed by atoms with Crippen LogP contribution in [0.2, 0.25) is 0 Å². The number of aromatic nitrogens is 3. The zero-order valence-corrected chi connectivity index (χ0v) is 18.2. The van der Waals surface area contributed by atoms with Crippen LogP contribution < -0.4 is 16.1 Å². The molecule has 0 aliphatic carbocycles. The second kappa shape index (κ2) is 8.84. The monoisotopic (exact) mass is 432 g/mol. The Bertz CT molecular complexity index is 1200. The molecular weight excluding hydrogens is 404 g/mol. The number of anilines is 1. The van der Waals surface area contributed by atoms with E-state index in [2.05, 4.69) is 18.5 Å². The van der Waals surface area contributed by atoms with Crippen LogP contribution in [0.25, 0.3) is 22.3 Å². The Labute approximate surface area is 187 Å². The molecule has 3 heterocycles. The van der Waals surface area contributed by atoms with E-state index in [0.717, 1.165) is 22.5 Å². The van der Waals surface area contributed by atoms with Gasteiger partial charge in [-0.05, 0) is 25.5 Å². The van der Waals surface area contributed by atoms with E-state index >= 15 is 0 Å². The lowest BCUT2D eigenvalue weighted by molar-refractivity contribution is 0.0939. The largest absolute Gasteiger partial charge is 0.395 e. The minimum atomic E-state index is -0.131. The molecule has 8 heteroatoms. The van der Waals surface area contributed by atoms with Gasteiger partial charge in [0.2, 0.25) is 0 Å². The number of hydrogen-bond acceptors (Lipinski definition) is 6. The van der Waals surface area contributed by atoms with Gasteiger partial charge in [0.05, 0.1) is 34.8 Å². The molecule has 0 bridgehead atoms. The van der Waals surface area contributed by atoms with Crippen molar-refractivity contribution in [2.45, 2.75) is 19.3 Å². The molecule has 1 atom stereocenters. The number of aryl methyl sites for hydroxylation is 1. The molecule has 0 spiro atoms. The minimum Gasteiger partial charge on any atom is -0.395 e. The molecule has 0 saturated carbocycles. The van der Waals surface area contributed by atoms with Crippen LogP contribution in [0.5, 0.6) is 0 Å². The molecule has 0 saturated heterocycles. The van der Waals surface area contributed by atoms with Gasteiger partial charge in [-0.2, -0.15) is 0 Å². The Morgan fingerprint density at radius 1 is 1.31 bits per heavy atom. The third kappa shape index (κ3) is 3.62. The number of allylic oxidation sites excluding steroid dienone is 1. The number of nitrogens with two attached hydrogens (primary N) is 1. The van der Waals surface area contributed by atoms with Crippen molar-refractivity contribution in [2.75, 3.05) is 37.0 Å². The minimum absolute atomic E-state index is 0.00713. The van der Waals surface area contributed by atoms with Crippen molar-refractivity contribution < 1.29 is 9.90 Å². The second-order valence-corrected chi connectivity index (χ2v) is 7.89. The lowest BCUT2D eigenvalue weighted by Crippen LogP contribution is -2.36. The van der Waals surface area contributed by atoms with Crippen LogP contribution in [-0.2, 0) is 0 Å². The summed E-state index contributed by atoms with van der Waals surface area (Å²) in [5, 5.41) is 12.4. The molecule has 8 nitrogen and oxygen atoms in total. The Morgan fingerprint density at radius 2 is 2.12 bits per heavy atom. The highest BCUT2D eigenvalue weighted by Gasteiger charge is 2.30. The first-order valence-corrected chi connectivity index (χ1v) is 10.6. The van der Waals surface area contributed by atoms with E-state index in [1.807, 2.05) is 42.2 Å². The topological polar surface area (TPSA) is 109 Å². The highest BCUT2D eigenvalue weighted by Crippen LogP contribution is 2.35. The van der Waals surface area contributed by atoms with Crippen LogP contribution in [0.4, 0.5) is 5.82 Å². The van der Waals surface area contributed by atoms with Gasteiger partial charge in [-0.3, -0.25) is 9.47 Å². The third-order valence-electron chi connectivity index (χ3n) is 5.81. The van der Waals surface area contributed by atoms with E-state index in [0.29, 0.717) is 48.6 Å². The standard InChI is InChI=1S/C24H28N6O2/c1-4-7-16-14-26-24(32)18-13-20(30(25)22(16)18)17-8-6-9-19-21(17)28-23(15(3)27-19)29(10-5-2)11-12-31/h4-6,8-9,13,16,31H,1-2,7,10-12,14,25H2,3H3,(H,26,32)/t16-/m0/s1. The smallest absolute Gasteiger partial charge is 0.253 e. The molecule has 166 valence electrons. The molecule has 0 radical (unpaired) electrons. The Balaban J connectivity index is 1.91. The van der Waals surface area contributed by atoms with Gasteiger partial charge in [0, 0.05) is 31.1 Å². The molecule has 0 fully saturated rings. The lowest BCUT2D eigenvalue weighted by atomic mass is 9.94. The number of aliphatic hydroxyl groups excluding tert-OH is 1. The van der Waals surface area contributed by atoms with Gasteiger partial charge in [0.25, 0.3) is 5.91 Å². The van der Waals surface area contributed by atoms with Crippen LogP contribution in [-0.4, -0.2) is 51.9 Å². The van der Waals surface area contributed by atoms with Crippen molar-refractivity contribution in [3.8, 4) is 11.3 Å². The van der Waals surface area contributed by atoms with Crippen molar-refractivity contribution in [2.24, 2.45) is 0 Å². The summed E-state index contributed by atoms with van der Waals surface area (Å²) in [7, 11) is 0. The average molecular weight is 433 g/mol. The van der Waals surface area contributed by atoms with Crippen molar-refractivity contribution in [3.63, 3.8) is 0 Å². The SMILES string of the molecule is C=CC[C@H]1CNC(=O)c2cc(-c3cccc4nc(C)c(N(CC=C)CCO)nc34)n(N)c21. The Kier molecular flexibility index (Phi) is 5.96. The maximum atomic E-state index is 12.6. The van der Waals surface area contributed by atoms with Crippen molar-refractivity contribution >= 4 is 22.8 Å². The number of nitrogens with zero attached hydrogens (tertiary/aromatic N) is 4. The molecular formula is C24H28N6O2. The summed E-state index contributed by atoms with van der Waals surface area (Å²) in [6.07, 6.45) is 4.32. The van der Waals surface area contributed by atoms with Gasteiger partial charge >= 0.3 is 0 Å². The average Bonchev–Trinajstić information content (AvgIpc) is 3.13. The summed E-state index contributed by atoms with van der Waals surface area (Å²) in [6.45, 7) is 11.0. The summed E-state index contributed by atoms with van der Waals surface area (Å²) in [5.41, 5.74) is 5.05. The highest BCUT2D eigenvalue weighted by atomic mass is 16.3. The van der Waals surface area contributed by atoms with Crippen LogP contribution >= 0.6 is 0 Å². The fraction of sp³-hybridized carbons (Fsp3) is 0.292. The van der Waals surface area contributed by atoms with Gasteiger partial charge in [-0.1, -0.05) is 24.3 Å². The molecule has 32 heavy (non-hydrogen) atoms. The first-order valence-electron chi connectivity index (χ1n) is 10.6. The maximum Gasteiger partial charge on any atom is 0.253 e. The van der Waals surface area contributed by atoms with E-state index in [4.69, 9.17) is 15.8 Å². The third-order valence-corrected chi connectivity index (χ3v) is 5.81. The lowest BCUT2D eigenvalue weighted by Gasteiger charge is -2.24. The molecule has 1 amide bonds. The van der Waals surface area contributed by atoms with E-state index in [-0.39, 0.29) is 18.4 Å². The number of rotatable bonds is 8. The second-order valence-electron chi connectivity index (χ2n) is 7.89. The van der Waals surface area contributed by atoms with Crippen molar-refractivity contribution in [1.82, 2.24) is 20.0 Å². The number of benzene rings is 1. The van der Waals surface area contributed by atoms with E-state index in [1.165, 1.54) is 0 Å². The van der Waals surface area contributed by atoms with Gasteiger partial charge in [-0.25, -0.2) is 9.97 Å². The number of nitrogen functional groups attached to an aromatic ring is 1. The molecule has 4 rings (SSSR count). The molecule has 0 unspecified atom stereocenters. The van der Waals surface area contributed by atoms with E-state index < -0.39 is 0 Å². The predicted molar refractivity (Wildman–Crippen MR) is 127 cm³/mol. The fourth-order valence-electron chi connectivity index (χ4n) is 4.37. The fourth-order valence-corrected chi connectivity index (χ4v) is 4.37. The number of fused-ring (bicyclic) bond motifs is 2. The zero-order chi connectivity index (χ0) is 22.8. The quantitative estimate of drug-likeness (QED) is 0.373. The summed E-state index contributed by atoms with van der Waals surface area (Å²) in [5.74, 6) is 7.16. The van der Waals surface area contributed by atoms with Crippen LogP contribution in [0.3, 0.4) is 0 Å².